The van der Waals surface area contributed by atoms with Crippen LogP contribution >= 0.6 is 0 Å². The molecular weight excluding hydrogens is 532 g/mol. The fourth-order valence-corrected chi connectivity index (χ4v) is 6.07. The molecule has 0 radical (unpaired) electrons. The van der Waals surface area contributed by atoms with E-state index in [-0.39, 0.29) is 54.0 Å². The molecule has 4 aliphatic rings. The molecule has 0 unspecified atom stereocenters. The second-order valence-corrected chi connectivity index (χ2v) is 10.2. The predicted molar refractivity (Wildman–Crippen MR) is 132 cm³/mol. The topological polar surface area (TPSA) is 183 Å². The van der Waals surface area contributed by atoms with E-state index in [9.17, 15) is 30.3 Å². The Hall–Kier alpha value is -3.49. The minimum absolute atomic E-state index is 0.107. The maximum atomic E-state index is 13.0. The van der Waals surface area contributed by atoms with Crippen molar-refractivity contribution < 1.29 is 63.5 Å². The Labute approximate surface area is 228 Å². The van der Waals surface area contributed by atoms with Crippen molar-refractivity contribution in [1.82, 2.24) is 0 Å². The third kappa shape index (κ3) is 4.08. The lowest BCUT2D eigenvalue weighted by Gasteiger charge is -2.40. The minimum Gasteiger partial charge on any atom is -0.502 e. The first-order valence-corrected chi connectivity index (χ1v) is 12.8. The van der Waals surface area contributed by atoms with Crippen LogP contribution in [0.5, 0.6) is 34.5 Å². The van der Waals surface area contributed by atoms with Crippen molar-refractivity contribution in [2.24, 2.45) is 11.8 Å². The molecule has 13 heteroatoms. The van der Waals surface area contributed by atoms with E-state index in [1.54, 1.807) is 18.2 Å². The van der Waals surface area contributed by atoms with Gasteiger partial charge in [-0.25, -0.2) is 0 Å². The summed E-state index contributed by atoms with van der Waals surface area (Å²) in [5.74, 6) is -0.932. The van der Waals surface area contributed by atoms with Gasteiger partial charge in [-0.1, -0.05) is 0 Å². The molecule has 40 heavy (non-hydrogen) atoms. The van der Waals surface area contributed by atoms with Gasteiger partial charge < -0.3 is 58.7 Å². The largest absolute Gasteiger partial charge is 0.502 e. The number of rotatable bonds is 6. The maximum Gasteiger partial charge on any atom is 0.310 e. The van der Waals surface area contributed by atoms with Gasteiger partial charge in [0.1, 0.15) is 24.4 Å². The number of aliphatic hydroxyl groups is 4. The predicted octanol–water partition coefficient (Wildman–Crippen LogP) is -0.206. The van der Waals surface area contributed by atoms with Gasteiger partial charge in [-0.05, 0) is 35.7 Å². The molecule has 8 atom stereocenters. The van der Waals surface area contributed by atoms with Crippen LogP contribution in [0.3, 0.4) is 0 Å². The lowest BCUT2D eigenvalue weighted by molar-refractivity contribution is -0.277. The van der Waals surface area contributed by atoms with E-state index in [2.05, 4.69) is 0 Å². The number of benzene rings is 2. The maximum absolute atomic E-state index is 13.0. The van der Waals surface area contributed by atoms with E-state index in [4.69, 9.17) is 33.2 Å². The third-order valence-corrected chi connectivity index (χ3v) is 8.08. The zero-order valence-electron chi connectivity index (χ0n) is 21.7. The van der Waals surface area contributed by atoms with Crippen molar-refractivity contribution in [2.45, 2.75) is 43.0 Å². The molecule has 2 saturated heterocycles. The van der Waals surface area contributed by atoms with Gasteiger partial charge in [0.15, 0.2) is 23.0 Å². The van der Waals surface area contributed by atoms with Crippen LogP contribution in [0, 0.1) is 11.8 Å². The smallest absolute Gasteiger partial charge is 0.310 e. The van der Waals surface area contributed by atoms with E-state index in [1.165, 1.54) is 14.2 Å². The average molecular weight is 563 g/mol. The number of carbonyl (C=O) groups excluding carboxylic acids is 1. The van der Waals surface area contributed by atoms with Crippen molar-refractivity contribution in [3.05, 3.63) is 34.9 Å². The van der Waals surface area contributed by atoms with Gasteiger partial charge in [-0.3, -0.25) is 4.79 Å². The Morgan fingerprint density at radius 2 is 1.70 bits per heavy atom. The number of phenols is 1. The average Bonchev–Trinajstić information content (AvgIpc) is 3.58. The summed E-state index contributed by atoms with van der Waals surface area (Å²) in [5, 5.41) is 51.3. The van der Waals surface area contributed by atoms with Crippen LogP contribution in [-0.2, 0) is 20.7 Å². The van der Waals surface area contributed by atoms with Crippen molar-refractivity contribution in [3.63, 3.8) is 0 Å². The Balaban J connectivity index is 1.50. The number of hydrogen-bond acceptors (Lipinski definition) is 13. The summed E-state index contributed by atoms with van der Waals surface area (Å²) in [4.78, 5) is 13.0. The molecule has 13 nitrogen and oxygen atoms in total. The first-order valence-electron chi connectivity index (χ1n) is 12.8. The van der Waals surface area contributed by atoms with Crippen LogP contribution in [-0.4, -0.2) is 96.4 Å². The highest BCUT2D eigenvalue weighted by molar-refractivity contribution is 5.79. The minimum atomic E-state index is -1.65. The highest BCUT2D eigenvalue weighted by atomic mass is 16.7. The molecule has 216 valence electrons. The van der Waals surface area contributed by atoms with Crippen molar-refractivity contribution in [1.29, 1.82) is 0 Å². The Morgan fingerprint density at radius 3 is 2.38 bits per heavy atom. The van der Waals surface area contributed by atoms with Gasteiger partial charge >= 0.3 is 5.97 Å². The SMILES string of the molecule is COc1cc([C@@H]2c3cc4c(c(O[C@@H]5O[C@@H](CO)[C@@H](O)[C@@H](O)[C@H]5O)c3C[C@@H]3COC(=O)[C@@H]32)OCO4)cc(OC)c1O. The van der Waals surface area contributed by atoms with Gasteiger partial charge in [-0.2, -0.15) is 0 Å². The molecular formula is C27H30O13. The fourth-order valence-electron chi connectivity index (χ4n) is 6.07. The number of ether oxygens (including phenoxy) is 7. The van der Waals surface area contributed by atoms with E-state index >= 15 is 0 Å². The number of aliphatic hydroxyl groups excluding tert-OH is 4. The van der Waals surface area contributed by atoms with E-state index in [0.717, 1.165) is 0 Å². The lowest BCUT2D eigenvalue weighted by Crippen LogP contribution is -2.60. The highest BCUT2D eigenvalue weighted by Crippen LogP contribution is 2.56. The molecule has 2 aromatic rings. The molecule has 0 saturated carbocycles. The van der Waals surface area contributed by atoms with Crippen LogP contribution in [0.15, 0.2) is 18.2 Å². The fraction of sp³-hybridized carbons (Fsp3) is 0.519. The number of carbonyl (C=O) groups is 1. The van der Waals surface area contributed by atoms with E-state index in [1.807, 2.05) is 0 Å². The molecule has 5 N–H and O–H groups in total. The van der Waals surface area contributed by atoms with Gasteiger partial charge in [0.25, 0.3) is 0 Å². The number of esters is 1. The summed E-state index contributed by atoms with van der Waals surface area (Å²) in [6.45, 7) is -0.561. The van der Waals surface area contributed by atoms with Crippen LogP contribution in [0.2, 0.25) is 0 Å². The summed E-state index contributed by atoms with van der Waals surface area (Å²) >= 11 is 0. The molecule has 6 rings (SSSR count). The third-order valence-electron chi connectivity index (χ3n) is 8.08. The highest BCUT2D eigenvalue weighted by Gasteiger charge is 2.51. The Bertz CT molecular complexity index is 1280. The first-order chi connectivity index (χ1) is 19.3. The molecule has 3 aliphatic heterocycles. The van der Waals surface area contributed by atoms with Gasteiger partial charge in [-0.15, -0.1) is 0 Å². The number of fused-ring (bicyclic) bond motifs is 3. The monoisotopic (exact) mass is 562 g/mol. The summed E-state index contributed by atoms with van der Waals surface area (Å²) < 4.78 is 39.4. The normalized spacial score (nSPS) is 32.2. The molecule has 2 fully saturated rings. The van der Waals surface area contributed by atoms with Crippen molar-refractivity contribution >= 4 is 5.97 Å². The van der Waals surface area contributed by atoms with Crippen molar-refractivity contribution in [3.8, 4) is 34.5 Å². The number of hydrogen-bond donors (Lipinski definition) is 5. The van der Waals surface area contributed by atoms with E-state index in [0.29, 0.717) is 28.9 Å². The summed E-state index contributed by atoms with van der Waals surface area (Å²) in [7, 11) is 2.81. The van der Waals surface area contributed by atoms with Crippen LogP contribution in [0.25, 0.3) is 0 Å². The molecule has 1 aliphatic carbocycles. The van der Waals surface area contributed by atoms with Crippen molar-refractivity contribution in [2.75, 3.05) is 34.2 Å². The van der Waals surface area contributed by atoms with Crippen LogP contribution in [0.4, 0.5) is 0 Å². The number of aromatic hydroxyl groups is 1. The summed E-state index contributed by atoms with van der Waals surface area (Å²) in [5.41, 5.74) is 1.90. The van der Waals surface area contributed by atoms with Gasteiger partial charge in [0.05, 0.1) is 33.4 Å². The second-order valence-electron chi connectivity index (χ2n) is 10.2. The number of cyclic esters (lactones) is 1. The molecule has 0 spiro atoms. The number of phenolic OH excluding ortho intramolecular Hbond substituents is 1. The van der Waals surface area contributed by atoms with E-state index < -0.39 is 49.1 Å². The molecule has 0 aromatic heterocycles. The Morgan fingerprint density at radius 1 is 0.975 bits per heavy atom. The summed E-state index contributed by atoms with van der Waals surface area (Å²) in [6, 6.07) is 5.02. The zero-order valence-corrected chi connectivity index (χ0v) is 21.7. The van der Waals surface area contributed by atoms with Gasteiger partial charge in [0, 0.05) is 17.4 Å². The van der Waals surface area contributed by atoms with Crippen LogP contribution in [0.1, 0.15) is 22.6 Å². The van der Waals surface area contributed by atoms with Gasteiger partial charge in [0.2, 0.25) is 24.6 Å². The first kappa shape index (κ1) is 26.7. The Kier molecular flexibility index (Phi) is 6.79. The standard InChI is InChI=1S/C27H30O13/c1-34-14-4-10(5-15(35-2)20(14)29)18-12-6-16-25(38-9-37-16)24(13(12)3-11-8-36-26(33)19(11)18)40-27-23(32)22(31)21(30)17(7-28)39-27/h4-6,11,17-19,21-23,27-32H,3,7-9H2,1-2H3/t11-,17+,18-,19+,21-,22-,23-,27+/m1/s1. The quantitative estimate of drug-likeness (QED) is 0.292. The molecule has 0 amide bonds. The number of methoxy groups -OCH3 is 2. The molecule has 3 heterocycles. The van der Waals surface area contributed by atoms with Crippen LogP contribution < -0.4 is 23.7 Å². The lowest BCUT2D eigenvalue weighted by atomic mass is 9.67. The molecule has 0 bridgehead atoms. The second kappa shape index (κ2) is 10.2. The zero-order chi connectivity index (χ0) is 28.3. The summed E-state index contributed by atoms with van der Waals surface area (Å²) in [6.07, 6.45) is -7.15. The molecule has 2 aromatic carbocycles.